The molecular formula is C19H19N5O3S. The summed E-state index contributed by atoms with van der Waals surface area (Å²) in [6, 6.07) is 6.36. The number of H-pyrrole nitrogens is 1. The Bertz CT molecular complexity index is 1110. The first kappa shape index (κ1) is 17.4. The lowest BCUT2D eigenvalue weighted by Crippen LogP contribution is -2.44. The Kier molecular flexibility index (Phi) is 4.40. The molecule has 1 fully saturated rings. The fourth-order valence-corrected chi connectivity index (χ4v) is 4.67. The van der Waals surface area contributed by atoms with Crippen LogP contribution in [0.3, 0.4) is 0 Å². The predicted molar refractivity (Wildman–Crippen MR) is 106 cm³/mol. The Morgan fingerprint density at radius 1 is 1.32 bits per heavy atom. The molecule has 144 valence electrons. The zero-order valence-electron chi connectivity index (χ0n) is 15.1. The maximum Gasteiger partial charge on any atom is 0.267 e. The highest BCUT2D eigenvalue weighted by Crippen LogP contribution is 2.24. The number of rotatable bonds is 3. The summed E-state index contributed by atoms with van der Waals surface area (Å²) in [5.74, 6) is 1.63. The molecule has 3 aromatic rings. The molecule has 2 atom stereocenters. The van der Waals surface area contributed by atoms with Gasteiger partial charge in [0.2, 0.25) is 0 Å². The molecular weight excluding hydrogens is 378 g/mol. The summed E-state index contributed by atoms with van der Waals surface area (Å²) < 4.78 is 7.07. The van der Waals surface area contributed by atoms with Crippen LogP contribution in [0.1, 0.15) is 27.7 Å². The van der Waals surface area contributed by atoms with Crippen molar-refractivity contribution in [2.75, 3.05) is 19.0 Å². The number of benzene rings is 1. The molecule has 0 aliphatic carbocycles. The monoisotopic (exact) mass is 397 g/mol. The van der Waals surface area contributed by atoms with Gasteiger partial charge in [0.25, 0.3) is 11.5 Å². The van der Waals surface area contributed by atoms with Crippen LogP contribution < -0.4 is 10.9 Å². The second-order valence-electron chi connectivity index (χ2n) is 7.02. The summed E-state index contributed by atoms with van der Waals surface area (Å²) in [6.45, 7) is 0.703. The number of thioether (sulfide) groups is 1. The maximum absolute atomic E-state index is 12.7. The molecule has 2 aliphatic heterocycles. The lowest BCUT2D eigenvalue weighted by molar-refractivity contribution is 0.0924. The fourth-order valence-electron chi connectivity index (χ4n) is 3.72. The van der Waals surface area contributed by atoms with E-state index in [0.29, 0.717) is 18.8 Å². The van der Waals surface area contributed by atoms with E-state index >= 15 is 0 Å². The number of fused-ring (bicyclic) bond motifs is 2. The van der Waals surface area contributed by atoms with Crippen molar-refractivity contribution in [1.82, 2.24) is 25.1 Å². The largest absolute Gasteiger partial charge is 0.377 e. The van der Waals surface area contributed by atoms with Crippen LogP contribution in [0.5, 0.6) is 0 Å². The van der Waals surface area contributed by atoms with Gasteiger partial charge in [-0.25, -0.2) is 9.67 Å². The van der Waals surface area contributed by atoms with Crippen LogP contribution in [0.4, 0.5) is 0 Å². The number of carbonyl (C=O) groups excluding carboxylic acids is 1. The van der Waals surface area contributed by atoms with Gasteiger partial charge in [0, 0.05) is 23.8 Å². The van der Waals surface area contributed by atoms with Gasteiger partial charge in [-0.2, -0.15) is 16.9 Å². The fraction of sp³-hybridized carbons (Fsp3) is 0.368. The number of aryl methyl sites for hydroxylation is 1. The topological polar surface area (TPSA) is 102 Å². The highest BCUT2D eigenvalue weighted by molar-refractivity contribution is 7.98. The van der Waals surface area contributed by atoms with Crippen LogP contribution in [0, 0.1) is 0 Å². The van der Waals surface area contributed by atoms with Gasteiger partial charge >= 0.3 is 0 Å². The first-order chi connectivity index (χ1) is 13.7. The highest BCUT2D eigenvalue weighted by Gasteiger charge is 2.33. The molecule has 0 bridgehead atoms. The van der Waals surface area contributed by atoms with Gasteiger partial charge in [-0.1, -0.05) is 0 Å². The number of hydrogen-bond donors (Lipinski definition) is 2. The minimum atomic E-state index is -0.314. The third-order valence-corrected chi connectivity index (χ3v) is 6.23. The normalized spacial score (nSPS) is 21.6. The number of imidazole rings is 1. The van der Waals surface area contributed by atoms with Crippen molar-refractivity contribution in [2.45, 2.75) is 24.3 Å². The summed E-state index contributed by atoms with van der Waals surface area (Å²) in [6.07, 6.45) is 2.45. The highest BCUT2D eigenvalue weighted by atomic mass is 32.2. The summed E-state index contributed by atoms with van der Waals surface area (Å²) in [5.41, 5.74) is 3.99. The second kappa shape index (κ2) is 7.06. The number of nitrogens with zero attached hydrogens (tertiary/aromatic N) is 3. The van der Waals surface area contributed by atoms with E-state index in [1.165, 1.54) is 4.68 Å². The Balaban J connectivity index is 1.39. The van der Waals surface area contributed by atoms with Crippen LogP contribution in [0.2, 0.25) is 0 Å². The molecule has 0 radical (unpaired) electrons. The number of amides is 1. The van der Waals surface area contributed by atoms with E-state index < -0.39 is 0 Å². The third-order valence-electron chi connectivity index (χ3n) is 5.23. The summed E-state index contributed by atoms with van der Waals surface area (Å²) >= 11 is 1.82. The minimum Gasteiger partial charge on any atom is -0.377 e. The Morgan fingerprint density at radius 3 is 3.18 bits per heavy atom. The van der Waals surface area contributed by atoms with Crippen LogP contribution >= 0.6 is 11.8 Å². The van der Waals surface area contributed by atoms with E-state index in [4.69, 9.17) is 4.74 Å². The van der Waals surface area contributed by atoms with E-state index in [9.17, 15) is 9.59 Å². The average molecular weight is 397 g/mol. The lowest BCUT2D eigenvalue weighted by atomic mass is 10.1. The quantitative estimate of drug-likeness (QED) is 0.690. The van der Waals surface area contributed by atoms with E-state index in [2.05, 4.69) is 20.4 Å². The van der Waals surface area contributed by atoms with Crippen LogP contribution in [0.25, 0.3) is 11.0 Å². The molecule has 1 amide bonds. The van der Waals surface area contributed by atoms with Gasteiger partial charge in [-0.3, -0.25) is 9.59 Å². The van der Waals surface area contributed by atoms with Gasteiger partial charge in [-0.05, 0) is 29.5 Å². The number of ether oxygens (including phenoxy) is 1. The first-order valence-corrected chi connectivity index (χ1v) is 10.4. The average Bonchev–Trinajstić information content (AvgIpc) is 3.36. The molecule has 4 heterocycles. The van der Waals surface area contributed by atoms with Gasteiger partial charge in [0.15, 0.2) is 0 Å². The van der Waals surface area contributed by atoms with Crippen LogP contribution in [-0.4, -0.2) is 50.7 Å². The lowest BCUT2D eigenvalue weighted by Gasteiger charge is -2.22. The second-order valence-corrected chi connectivity index (χ2v) is 8.13. The Morgan fingerprint density at radius 2 is 2.25 bits per heavy atom. The number of aromatic amines is 1. The molecule has 2 aliphatic rings. The van der Waals surface area contributed by atoms with E-state index in [1.54, 1.807) is 30.6 Å². The molecule has 8 nitrogen and oxygen atoms in total. The standard InChI is InChI=1S/C19H19N5O3S/c25-18-6-12-9-28-4-3-13(12)23-24(18)17-8-27-7-16(17)22-19(26)11-1-2-14-15(5-11)21-10-20-14/h1-2,5-6,10,16-17H,3-4,7-9H2,(H,20,21)(H,22,26). The van der Waals surface area contributed by atoms with E-state index in [0.717, 1.165) is 40.2 Å². The molecule has 5 rings (SSSR count). The smallest absolute Gasteiger partial charge is 0.267 e. The third kappa shape index (κ3) is 3.10. The molecule has 0 saturated carbocycles. The zero-order valence-corrected chi connectivity index (χ0v) is 15.9. The summed E-state index contributed by atoms with van der Waals surface area (Å²) in [4.78, 5) is 32.5. The van der Waals surface area contributed by atoms with Gasteiger partial charge in [0.1, 0.15) is 6.04 Å². The van der Waals surface area contributed by atoms with Crippen molar-refractivity contribution in [3.8, 4) is 0 Å². The van der Waals surface area contributed by atoms with Crippen molar-refractivity contribution in [3.63, 3.8) is 0 Å². The molecule has 28 heavy (non-hydrogen) atoms. The van der Waals surface area contributed by atoms with Crippen molar-refractivity contribution in [3.05, 3.63) is 57.8 Å². The van der Waals surface area contributed by atoms with E-state index in [1.807, 2.05) is 11.8 Å². The summed E-state index contributed by atoms with van der Waals surface area (Å²) in [7, 11) is 0. The maximum atomic E-state index is 12.7. The van der Waals surface area contributed by atoms with Crippen molar-refractivity contribution in [2.24, 2.45) is 0 Å². The molecule has 1 aromatic carbocycles. The first-order valence-electron chi connectivity index (χ1n) is 9.20. The molecule has 1 saturated heterocycles. The van der Waals surface area contributed by atoms with Gasteiger partial charge in [0.05, 0.1) is 42.3 Å². The Hall–Kier alpha value is -2.65. The zero-order chi connectivity index (χ0) is 19.1. The van der Waals surface area contributed by atoms with Crippen molar-refractivity contribution < 1.29 is 9.53 Å². The van der Waals surface area contributed by atoms with Crippen molar-refractivity contribution in [1.29, 1.82) is 0 Å². The Labute approximate surface area is 164 Å². The van der Waals surface area contributed by atoms with Gasteiger partial charge in [-0.15, -0.1) is 0 Å². The molecule has 2 unspecified atom stereocenters. The number of nitrogens with one attached hydrogen (secondary N) is 2. The molecule has 9 heteroatoms. The number of aromatic nitrogens is 4. The minimum absolute atomic E-state index is 0.144. The molecule has 2 aromatic heterocycles. The van der Waals surface area contributed by atoms with E-state index in [-0.39, 0.29) is 23.6 Å². The summed E-state index contributed by atoms with van der Waals surface area (Å²) in [5, 5.41) is 7.61. The number of hydrogen-bond acceptors (Lipinski definition) is 6. The molecule has 0 spiro atoms. The molecule has 2 N–H and O–H groups in total. The van der Waals surface area contributed by atoms with Crippen LogP contribution in [-0.2, 0) is 16.9 Å². The predicted octanol–water partition coefficient (Wildman–Crippen LogP) is 1.28. The van der Waals surface area contributed by atoms with Crippen molar-refractivity contribution >= 4 is 28.7 Å². The SMILES string of the molecule is O=C(NC1COCC1n1nc2c(cc1=O)CSCC2)c1ccc2nc[nH]c2c1. The van der Waals surface area contributed by atoms with Crippen LogP contribution in [0.15, 0.2) is 35.4 Å². The number of carbonyl (C=O) groups is 1. The van der Waals surface area contributed by atoms with Gasteiger partial charge < -0.3 is 15.0 Å².